The van der Waals surface area contributed by atoms with Crippen LogP contribution >= 0.6 is 7.37 Å². The summed E-state index contributed by atoms with van der Waals surface area (Å²) in [6, 6.07) is 0. The van der Waals surface area contributed by atoms with Crippen molar-refractivity contribution >= 4 is 13.3 Å². The van der Waals surface area contributed by atoms with E-state index >= 15 is 0 Å². The van der Waals surface area contributed by atoms with Gasteiger partial charge in [0.1, 0.15) is 0 Å². The van der Waals surface area contributed by atoms with Crippen molar-refractivity contribution in [1.82, 2.24) is 0 Å². The van der Waals surface area contributed by atoms with Crippen molar-refractivity contribution in [2.24, 2.45) is 5.92 Å². The van der Waals surface area contributed by atoms with Crippen LogP contribution in [0, 0.1) is 5.92 Å². The predicted molar refractivity (Wildman–Crippen MR) is 53.7 cm³/mol. The highest BCUT2D eigenvalue weighted by Gasteiger charge is 2.39. The lowest BCUT2D eigenvalue weighted by Crippen LogP contribution is -2.18. The fourth-order valence-electron chi connectivity index (χ4n) is 2.25. The summed E-state index contributed by atoms with van der Waals surface area (Å²) in [4.78, 5) is 20.2. The minimum Gasteiger partial charge on any atom is -0.481 e. The zero-order valence-corrected chi connectivity index (χ0v) is 9.24. The molecule has 0 saturated heterocycles. The molecule has 1 rings (SSSR count). The summed E-state index contributed by atoms with van der Waals surface area (Å²) in [6.45, 7) is 1.69. The van der Waals surface area contributed by atoms with Gasteiger partial charge in [0.15, 0.2) is 0 Å². The highest BCUT2D eigenvalue weighted by atomic mass is 31.2. The van der Waals surface area contributed by atoms with Crippen LogP contribution in [-0.4, -0.2) is 27.8 Å². The molecule has 82 valence electrons. The van der Waals surface area contributed by atoms with Gasteiger partial charge in [-0.05, 0) is 18.8 Å². The van der Waals surface area contributed by atoms with Crippen LogP contribution in [0.4, 0.5) is 0 Å². The molecule has 0 aliphatic heterocycles. The van der Waals surface area contributed by atoms with Gasteiger partial charge in [-0.3, -0.25) is 9.36 Å². The topological polar surface area (TPSA) is 74.6 Å². The van der Waals surface area contributed by atoms with Crippen molar-refractivity contribution in [1.29, 1.82) is 0 Å². The first-order valence-electron chi connectivity index (χ1n) is 5.00. The number of aliphatic carboxylic acids is 1. The first-order chi connectivity index (χ1) is 6.47. The maximum atomic E-state index is 11.7. The van der Waals surface area contributed by atoms with Gasteiger partial charge in [0.25, 0.3) is 0 Å². The number of hydrogen-bond donors (Lipinski definition) is 2. The van der Waals surface area contributed by atoms with Gasteiger partial charge in [0, 0.05) is 18.2 Å². The Labute approximate surface area is 83.8 Å². The van der Waals surface area contributed by atoms with Crippen LogP contribution in [0.25, 0.3) is 0 Å². The van der Waals surface area contributed by atoms with E-state index in [2.05, 4.69) is 0 Å². The van der Waals surface area contributed by atoms with E-state index in [1.807, 2.05) is 0 Å². The molecule has 3 unspecified atom stereocenters. The third kappa shape index (κ3) is 2.58. The molecule has 0 radical (unpaired) electrons. The Hall–Kier alpha value is -0.340. The molecule has 5 heteroatoms. The fraction of sp³-hybridized carbons (Fsp3) is 0.889. The van der Waals surface area contributed by atoms with Crippen LogP contribution in [0.5, 0.6) is 0 Å². The monoisotopic (exact) mass is 220 g/mol. The number of carbonyl (C=O) groups is 1. The summed E-state index contributed by atoms with van der Waals surface area (Å²) in [5.41, 5.74) is -0.274. The number of hydrogen-bond acceptors (Lipinski definition) is 2. The normalized spacial score (nSPS) is 31.3. The fourth-order valence-corrected chi connectivity index (χ4v) is 4.21. The van der Waals surface area contributed by atoms with Gasteiger partial charge in [-0.15, -0.1) is 0 Å². The van der Waals surface area contributed by atoms with E-state index < -0.39 is 13.3 Å². The van der Waals surface area contributed by atoms with Gasteiger partial charge in [0.2, 0.25) is 7.37 Å². The minimum atomic E-state index is -3.10. The lowest BCUT2D eigenvalue weighted by atomic mass is 10.0. The minimum absolute atomic E-state index is 0.0369. The Balaban J connectivity index is 2.68. The van der Waals surface area contributed by atoms with E-state index in [0.29, 0.717) is 6.42 Å². The van der Waals surface area contributed by atoms with Crippen LogP contribution in [-0.2, 0) is 9.36 Å². The summed E-state index contributed by atoms with van der Waals surface area (Å²) >= 11 is 0. The van der Waals surface area contributed by atoms with Crippen molar-refractivity contribution in [3.05, 3.63) is 0 Å². The maximum Gasteiger partial charge on any atom is 0.303 e. The zero-order valence-electron chi connectivity index (χ0n) is 8.35. The van der Waals surface area contributed by atoms with Crippen LogP contribution in [0.3, 0.4) is 0 Å². The summed E-state index contributed by atoms with van der Waals surface area (Å²) in [5, 5.41) is 8.66. The molecule has 1 aliphatic rings. The third-order valence-electron chi connectivity index (χ3n) is 3.03. The third-order valence-corrected chi connectivity index (χ3v) is 5.65. The molecule has 0 aromatic rings. The maximum absolute atomic E-state index is 11.7. The van der Waals surface area contributed by atoms with Crippen molar-refractivity contribution in [3.8, 4) is 0 Å². The van der Waals surface area contributed by atoms with Gasteiger partial charge < -0.3 is 10.00 Å². The van der Waals surface area contributed by atoms with E-state index in [0.717, 1.165) is 12.8 Å². The summed E-state index contributed by atoms with van der Waals surface area (Å²) < 4.78 is 11.7. The molecule has 0 aromatic carbocycles. The van der Waals surface area contributed by atoms with E-state index in [1.54, 1.807) is 6.92 Å². The molecule has 3 atom stereocenters. The van der Waals surface area contributed by atoms with Crippen molar-refractivity contribution in [2.45, 2.75) is 38.3 Å². The standard InChI is InChI=1S/C9H17O4P/c1-2-14(12,13)8-5-3-4-7(8)6-9(10)11/h7-8H,2-6H2,1H3,(H,10,11)(H,12,13). The molecule has 1 aliphatic carbocycles. The Kier molecular flexibility index (Phi) is 3.73. The van der Waals surface area contributed by atoms with Gasteiger partial charge in [-0.2, -0.15) is 0 Å². The zero-order chi connectivity index (χ0) is 10.8. The van der Waals surface area contributed by atoms with E-state index in [9.17, 15) is 14.3 Å². The molecule has 0 spiro atoms. The van der Waals surface area contributed by atoms with Crippen LogP contribution < -0.4 is 0 Å². The summed E-state index contributed by atoms with van der Waals surface area (Å²) in [5.74, 6) is -0.957. The lowest BCUT2D eigenvalue weighted by Gasteiger charge is -2.22. The SMILES string of the molecule is CCP(=O)(O)C1CCCC1CC(=O)O. The predicted octanol–water partition coefficient (Wildman–Crippen LogP) is 1.92. The Morgan fingerprint density at radius 1 is 1.50 bits per heavy atom. The Morgan fingerprint density at radius 3 is 2.64 bits per heavy atom. The molecule has 1 fully saturated rings. The number of carboxylic acids is 1. The van der Waals surface area contributed by atoms with Gasteiger partial charge in [-0.25, -0.2) is 0 Å². The summed E-state index contributed by atoms with van der Waals surface area (Å²) in [6.07, 6.45) is 2.66. The van der Waals surface area contributed by atoms with E-state index in [-0.39, 0.29) is 24.2 Å². The van der Waals surface area contributed by atoms with Crippen LogP contribution in [0.1, 0.15) is 32.6 Å². The van der Waals surface area contributed by atoms with Gasteiger partial charge >= 0.3 is 5.97 Å². The number of rotatable bonds is 4. The average Bonchev–Trinajstić information content (AvgIpc) is 2.52. The van der Waals surface area contributed by atoms with E-state index in [4.69, 9.17) is 5.11 Å². The average molecular weight is 220 g/mol. The molecule has 0 bridgehead atoms. The molecule has 1 saturated carbocycles. The number of carboxylic acid groups (broad SMARTS) is 1. The van der Waals surface area contributed by atoms with Crippen molar-refractivity contribution < 1.29 is 19.4 Å². The smallest absolute Gasteiger partial charge is 0.303 e. The first-order valence-corrected chi connectivity index (χ1v) is 6.92. The molecule has 2 N–H and O–H groups in total. The molecular weight excluding hydrogens is 203 g/mol. The molecule has 0 heterocycles. The second kappa shape index (κ2) is 4.45. The van der Waals surface area contributed by atoms with E-state index in [1.165, 1.54) is 0 Å². The van der Waals surface area contributed by atoms with Crippen molar-refractivity contribution in [3.63, 3.8) is 0 Å². The lowest BCUT2D eigenvalue weighted by molar-refractivity contribution is -0.138. The second-order valence-electron chi connectivity index (χ2n) is 3.93. The molecule has 14 heavy (non-hydrogen) atoms. The van der Waals surface area contributed by atoms with Gasteiger partial charge in [-0.1, -0.05) is 13.3 Å². The molecule has 4 nitrogen and oxygen atoms in total. The molecule has 0 amide bonds. The molecule has 0 aromatic heterocycles. The van der Waals surface area contributed by atoms with Gasteiger partial charge in [0.05, 0.1) is 0 Å². The molecular formula is C9H17O4P. The Morgan fingerprint density at radius 2 is 2.14 bits per heavy atom. The van der Waals surface area contributed by atoms with Crippen LogP contribution in [0.2, 0.25) is 0 Å². The summed E-state index contributed by atoms with van der Waals surface area (Å²) in [7, 11) is -3.10. The van der Waals surface area contributed by atoms with Crippen molar-refractivity contribution in [2.75, 3.05) is 6.16 Å². The highest BCUT2D eigenvalue weighted by Crippen LogP contribution is 2.55. The quantitative estimate of drug-likeness (QED) is 0.710. The largest absolute Gasteiger partial charge is 0.481 e. The Bertz CT molecular complexity index is 264. The first kappa shape index (κ1) is 11.7. The van der Waals surface area contributed by atoms with Crippen LogP contribution in [0.15, 0.2) is 0 Å². The second-order valence-corrected chi connectivity index (χ2v) is 6.74. The highest BCUT2D eigenvalue weighted by molar-refractivity contribution is 7.58.